The van der Waals surface area contributed by atoms with E-state index in [0.29, 0.717) is 22.1 Å². The summed E-state index contributed by atoms with van der Waals surface area (Å²) in [4.78, 5) is 23.0. The number of non-ortho nitro benzene ring substituents is 1. The Morgan fingerprint density at radius 1 is 1.12 bits per heavy atom. The summed E-state index contributed by atoms with van der Waals surface area (Å²) >= 11 is 1.16. The van der Waals surface area contributed by atoms with Crippen LogP contribution in [0.1, 0.15) is 5.56 Å². The normalized spacial score (nSPS) is 10.9. The number of nitrogens with one attached hydrogen (secondary N) is 2. The van der Waals surface area contributed by atoms with Crippen LogP contribution in [0.5, 0.6) is 5.75 Å². The molecule has 0 saturated carbocycles. The highest BCUT2D eigenvalue weighted by Gasteiger charge is 2.25. The number of benzene rings is 3. The minimum atomic E-state index is -0.460. The summed E-state index contributed by atoms with van der Waals surface area (Å²) in [6.45, 7) is 0. The van der Waals surface area contributed by atoms with Crippen LogP contribution in [0.15, 0.2) is 89.1 Å². The molecule has 3 aromatic carbocycles. The van der Waals surface area contributed by atoms with E-state index in [9.17, 15) is 20.0 Å². The molecular formula is C23H18N6O4S. The summed E-state index contributed by atoms with van der Waals surface area (Å²) < 4.78 is 1.79. The molecule has 4 aromatic rings. The quantitative estimate of drug-likeness (QED) is 0.132. The number of rotatable bonds is 8. The minimum absolute atomic E-state index is 0.00241. The van der Waals surface area contributed by atoms with E-state index >= 15 is 0 Å². The number of carbonyl (C=O) groups excluding carboxylic acids is 1. The van der Waals surface area contributed by atoms with Gasteiger partial charge in [-0.2, -0.15) is 9.67 Å². The molecule has 0 unspecified atom stereocenters. The zero-order valence-corrected chi connectivity index (χ0v) is 18.4. The maximum atomic E-state index is 12.3. The topological polar surface area (TPSA) is 140 Å². The molecule has 1 amide bonds. The maximum absolute atomic E-state index is 12.3. The lowest BCUT2D eigenvalue weighted by Crippen LogP contribution is -2.34. The molecule has 0 radical (unpaired) electrons. The fourth-order valence-corrected chi connectivity index (χ4v) is 3.85. The van der Waals surface area contributed by atoms with Crippen molar-refractivity contribution in [2.24, 2.45) is 5.10 Å². The van der Waals surface area contributed by atoms with Crippen molar-refractivity contribution in [1.29, 1.82) is 0 Å². The second-order valence-corrected chi connectivity index (χ2v) is 7.90. The third-order valence-electron chi connectivity index (χ3n) is 4.66. The molecule has 0 aliphatic heterocycles. The van der Waals surface area contributed by atoms with Crippen LogP contribution in [0.2, 0.25) is 0 Å². The van der Waals surface area contributed by atoms with E-state index in [2.05, 4.69) is 20.7 Å². The largest absolute Gasteiger partial charge is 0.872 e. The van der Waals surface area contributed by atoms with Crippen molar-refractivity contribution in [3.05, 3.63) is 94.5 Å². The number of hydrazone groups is 1. The van der Waals surface area contributed by atoms with Crippen LogP contribution in [0.25, 0.3) is 17.1 Å². The number of aromatic amines is 1. The number of thioether (sulfide) groups is 1. The second-order valence-electron chi connectivity index (χ2n) is 6.95. The molecule has 4 rings (SSSR count). The molecule has 0 aliphatic carbocycles. The Hall–Kier alpha value is -4.51. The van der Waals surface area contributed by atoms with Crippen molar-refractivity contribution in [3.8, 4) is 22.8 Å². The standard InChI is InChI=1S/C23H18N6O4S/c30-20-12-5-4-7-17(20)14-24-25-21(31)15-34-23-27-26-22(28(23)18-9-2-1-3-10-18)16-8-6-11-19(13-16)29(32)33/h1-14H,15H2,(H2,24,25,30,31). The molecular weight excluding hydrogens is 456 g/mol. The number of amides is 1. The van der Waals surface area contributed by atoms with Gasteiger partial charge in [0.05, 0.1) is 27.6 Å². The number of carbonyl (C=O) groups is 1. The lowest BCUT2D eigenvalue weighted by Gasteiger charge is -2.07. The number of para-hydroxylation sites is 2. The summed E-state index contributed by atoms with van der Waals surface area (Å²) in [5, 5.41) is 34.5. The SMILES string of the molecule is O=C(CSc1n[nH]c(-c2cccc([N+](=O)[O-])c2)[n+]1-c1ccccc1)NN=Cc1ccccc1[O-]. The molecule has 2 N–H and O–H groups in total. The summed E-state index contributed by atoms with van der Waals surface area (Å²) in [5.74, 6) is -0.0430. The number of hydrogen-bond acceptors (Lipinski definition) is 7. The molecule has 0 bridgehead atoms. The predicted octanol–water partition coefficient (Wildman–Crippen LogP) is 2.58. The van der Waals surface area contributed by atoms with Gasteiger partial charge in [-0.1, -0.05) is 54.3 Å². The van der Waals surface area contributed by atoms with Crippen molar-refractivity contribution in [3.63, 3.8) is 0 Å². The lowest BCUT2D eigenvalue weighted by atomic mass is 10.2. The van der Waals surface area contributed by atoms with Crippen LogP contribution in [0.4, 0.5) is 5.69 Å². The molecule has 1 heterocycles. The summed E-state index contributed by atoms with van der Waals surface area (Å²) in [5.41, 5.74) is 4.06. The monoisotopic (exact) mass is 474 g/mol. The van der Waals surface area contributed by atoms with Gasteiger partial charge in [-0.05, 0) is 35.5 Å². The van der Waals surface area contributed by atoms with Crippen molar-refractivity contribution in [2.45, 2.75) is 5.16 Å². The Labute approximate surface area is 198 Å². The zero-order chi connectivity index (χ0) is 23.9. The second kappa shape index (κ2) is 10.4. The van der Waals surface area contributed by atoms with Crippen molar-refractivity contribution >= 4 is 29.6 Å². The van der Waals surface area contributed by atoms with E-state index in [1.54, 1.807) is 34.9 Å². The Morgan fingerprint density at radius 3 is 2.65 bits per heavy atom. The van der Waals surface area contributed by atoms with Gasteiger partial charge in [-0.3, -0.25) is 14.9 Å². The molecule has 170 valence electrons. The van der Waals surface area contributed by atoms with E-state index in [1.807, 2.05) is 30.3 Å². The summed E-state index contributed by atoms with van der Waals surface area (Å²) in [6, 6.07) is 21.9. The van der Waals surface area contributed by atoms with Gasteiger partial charge in [-0.15, -0.1) is 5.10 Å². The Kier molecular flexibility index (Phi) is 6.94. The molecule has 10 nitrogen and oxygen atoms in total. The number of nitro groups is 1. The molecule has 1 aromatic heterocycles. The van der Waals surface area contributed by atoms with Crippen LogP contribution in [-0.4, -0.2) is 33.0 Å². The van der Waals surface area contributed by atoms with Gasteiger partial charge >= 0.3 is 5.16 Å². The lowest BCUT2D eigenvalue weighted by molar-refractivity contribution is -0.625. The van der Waals surface area contributed by atoms with Crippen LogP contribution in [0, 0.1) is 10.1 Å². The van der Waals surface area contributed by atoms with E-state index in [-0.39, 0.29) is 23.1 Å². The smallest absolute Gasteiger partial charge is 0.342 e. The first-order valence-corrected chi connectivity index (χ1v) is 11.0. The predicted molar refractivity (Wildman–Crippen MR) is 125 cm³/mol. The van der Waals surface area contributed by atoms with Gasteiger partial charge in [0, 0.05) is 12.1 Å². The molecule has 0 spiro atoms. The number of nitro benzene ring substituents is 1. The van der Waals surface area contributed by atoms with Gasteiger partial charge in [0.15, 0.2) is 0 Å². The molecule has 0 saturated heterocycles. The third kappa shape index (κ3) is 5.27. The van der Waals surface area contributed by atoms with Crippen LogP contribution >= 0.6 is 11.8 Å². The van der Waals surface area contributed by atoms with Gasteiger partial charge in [0.25, 0.3) is 17.4 Å². The fourth-order valence-electron chi connectivity index (χ4n) is 3.09. The maximum Gasteiger partial charge on any atom is 0.342 e. The van der Waals surface area contributed by atoms with E-state index in [1.165, 1.54) is 24.4 Å². The zero-order valence-electron chi connectivity index (χ0n) is 17.6. The first-order chi connectivity index (χ1) is 16.5. The number of hydrogen-bond donors (Lipinski definition) is 2. The average molecular weight is 475 g/mol. The van der Waals surface area contributed by atoms with Gasteiger partial charge in [0.1, 0.15) is 5.69 Å². The third-order valence-corrected chi connectivity index (χ3v) is 5.60. The molecule has 0 fully saturated rings. The van der Waals surface area contributed by atoms with Gasteiger partial charge in [0.2, 0.25) is 0 Å². The number of aromatic nitrogens is 3. The fraction of sp³-hybridized carbons (Fsp3) is 0.0435. The Morgan fingerprint density at radius 2 is 1.88 bits per heavy atom. The van der Waals surface area contributed by atoms with Crippen LogP contribution in [-0.2, 0) is 4.79 Å². The van der Waals surface area contributed by atoms with Crippen molar-refractivity contribution in [2.75, 3.05) is 5.75 Å². The van der Waals surface area contributed by atoms with E-state index in [0.717, 1.165) is 17.4 Å². The first-order valence-electron chi connectivity index (χ1n) is 10.0. The van der Waals surface area contributed by atoms with Gasteiger partial charge < -0.3 is 5.11 Å². The Bertz CT molecular complexity index is 1360. The molecule has 34 heavy (non-hydrogen) atoms. The average Bonchev–Trinajstić information content (AvgIpc) is 3.28. The molecule has 11 heteroatoms. The summed E-state index contributed by atoms with van der Waals surface area (Å²) in [6.07, 6.45) is 1.30. The van der Waals surface area contributed by atoms with Gasteiger partial charge in [-0.25, -0.2) is 5.43 Å². The highest BCUT2D eigenvalue weighted by molar-refractivity contribution is 7.99. The summed E-state index contributed by atoms with van der Waals surface area (Å²) in [7, 11) is 0. The number of H-pyrrole nitrogens is 1. The van der Waals surface area contributed by atoms with E-state index in [4.69, 9.17) is 0 Å². The number of nitrogens with zero attached hydrogens (tertiary/aromatic N) is 4. The Balaban J connectivity index is 1.54. The molecule has 0 aliphatic rings. The minimum Gasteiger partial charge on any atom is -0.872 e. The van der Waals surface area contributed by atoms with Crippen molar-refractivity contribution < 1.29 is 19.4 Å². The highest BCUT2D eigenvalue weighted by atomic mass is 32.2. The van der Waals surface area contributed by atoms with Crippen LogP contribution < -0.4 is 15.1 Å². The van der Waals surface area contributed by atoms with E-state index < -0.39 is 4.92 Å². The first kappa shape index (κ1) is 22.7. The molecule has 0 atom stereocenters. The van der Waals surface area contributed by atoms with Crippen LogP contribution in [0.3, 0.4) is 0 Å². The highest BCUT2D eigenvalue weighted by Crippen LogP contribution is 2.23. The van der Waals surface area contributed by atoms with Crippen molar-refractivity contribution in [1.82, 2.24) is 15.6 Å².